The van der Waals surface area contributed by atoms with Crippen LogP contribution in [0, 0.1) is 5.92 Å². The van der Waals surface area contributed by atoms with Crippen LogP contribution in [0.25, 0.3) is 0 Å². The molecular formula is C14H15ClO3. The van der Waals surface area contributed by atoms with E-state index in [9.17, 15) is 4.79 Å². The lowest BCUT2D eigenvalue weighted by Crippen LogP contribution is -2.36. The number of ether oxygens (including phenoxy) is 2. The summed E-state index contributed by atoms with van der Waals surface area (Å²) in [4.78, 5) is 12.1. The van der Waals surface area contributed by atoms with E-state index in [1.165, 1.54) is 0 Å². The maximum absolute atomic E-state index is 12.1. The van der Waals surface area contributed by atoms with Crippen molar-refractivity contribution < 1.29 is 14.3 Å². The molecule has 4 heteroatoms. The molecule has 3 rings (SSSR count). The van der Waals surface area contributed by atoms with Crippen molar-refractivity contribution in [1.82, 2.24) is 0 Å². The molecule has 0 saturated carbocycles. The van der Waals surface area contributed by atoms with Gasteiger partial charge in [-0.15, -0.1) is 0 Å². The van der Waals surface area contributed by atoms with Gasteiger partial charge in [-0.2, -0.15) is 0 Å². The average molecular weight is 267 g/mol. The van der Waals surface area contributed by atoms with Crippen LogP contribution in [0.5, 0.6) is 5.75 Å². The summed E-state index contributed by atoms with van der Waals surface area (Å²) in [5.41, 5.74) is 0.616. The molecule has 0 bridgehead atoms. The molecule has 1 aromatic carbocycles. The van der Waals surface area contributed by atoms with Crippen LogP contribution in [0.2, 0.25) is 5.02 Å². The van der Waals surface area contributed by atoms with Crippen molar-refractivity contribution in [3.63, 3.8) is 0 Å². The topological polar surface area (TPSA) is 35.5 Å². The van der Waals surface area contributed by atoms with E-state index >= 15 is 0 Å². The largest absolute Gasteiger partial charge is 0.489 e. The summed E-state index contributed by atoms with van der Waals surface area (Å²) < 4.78 is 11.3. The van der Waals surface area contributed by atoms with Crippen LogP contribution in [-0.4, -0.2) is 25.1 Å². The van der Waals surface area contributed by atoms with Crippen molar-refractivity contribution >= 4 is 17.4 Å². The molecule has 0 N–H and O–H groups in total. The zero-order valence-electron chi connectivity index (χ0n) is 10.0. The van der Waals surface area contributed by atoms with E-state index in [0.29, 0.717) is 28.7 Å². The zero-order valence-corrected chi connectivity index (χ0v) is 10.8. The molecule has 1 saturated heterocycles. The number of carbonyl (C=O) groups excluding carboxylic acids is 1. The predicted octanol–water partition coefficient (Wildman–Crippen LogP) is 3.10. The molecule has 2 aliphatic rings. The molecule has 2 aliphatic heterocycles. The molecule has 1 atom stereocenters. The Morgan fingerprint density at radius 1 is 1.22 bits per heavy atom. The molecule has 1 aromatic rings. The van der Waals surface area contributed by atoms with Crippen LogP contribution in [0.1, 0.15) is 29.6 Å². The molecule has 2 heterocycles. The Balaban J connectivity index is 1.82. The van der Waals surface area contributed by atoms with E-state index in [1.807, 2.05) is 0 Å². The van der Waals surface area contributed by atoms with Crippen molar-refractivity contribution in [2.75, 3.05) is 13.2 Å². The molecule has 1 unspecified atom stereocenters. The first kappa shape index (κ1) is 12.0. The molecule has 0 aromatic heterocycles. The fraction of sp³-hybridized carbons (Fsp3) is 0.500. The first-order valence-electron chi connectivity index (χ1n) is 6.31. The number of halogens is 1. The lowest BCUT2D eigenvalue weighted by Gasteiger charge is -2.33. The maximum atomic E-state index is 12.1. The highest BCUT2D eigenvalue weighted by molar-refractivity contribution is 6.31. The summed E-state index contributed by atoms with van der Waals surface area (Å²) in [6.45, 7) is 1.54. The van der Waals surface area contributed by atoms with Crippen molar-refractivity contribution in [2.45, 2.75) is 25.4 Å². The number of benzene rings is 1. The average Bonchev–Trinajstić information content (AvgIpc) is 2.40. The molecule has 3 nitrogen and oxygen atoms in total. The number of rotatable bonds is 1. The van der Waals surface area contributed by atoms with Gasteiger partial charge in [0.2, 0.25) is 0 Å². The number of hydrogen-bond donors (Lipinski definition) is 0. The fourth-order valence-corrected chi connectivity index (χ4v) is 2.84. The Hall–Kier alpha value is -1.06. The summed E-state index contributed by atoms with van der Waals surface area (Å²) in [6.07, 6.45) is 2.40. The third-order valence-electron chi connectivity index (χ3n) is 3.70. The van der Waals surface area contributed by atoms with Crippen LogP contribution >= 0.6 is 11.6 Å². The Bertz CT molecular complexity index is 466. The Kier molecular flexibility index (Phi) is 3.27. The quantitative estimate of drug-likeness (QED) is 0.784. The lowest BCUT2D eigenvalue weighted by atomic mass is 9.87. The first-order chi connectivity index (χ1) is 8.74. The number of carbonyl (C=O) groups is 1. The third-order valence-corrected chi connectivity index (χ3v) is 3.93. The van der Waals surface area contributed by atoms with E-state index in [2.05, 4.69) is 0 Å². The van der Waals surface area contributed by atoms with Crippen molar-refractivity contribution in [3.05, 3.63) is 28.8 Å². The molecule has 0 amide bonds. The standard InChI is InChI=1S/C14H15ClO3/c15-10-1-2-13-11(7-10)12(16)8-14(18-13)9-3-5-17-6-4-9/h1-2,7,9,14H,3-6,8H2. The second-order valence-electron chi connectivity index (χ2n) is 4.87. The van der Waals surface area contributed by atoms with Gasteiger partial charge in [0.1, 0.15) is 11.9 Å². The van der Waals surface area contributed by atoms with Gasteiger partial charge in [0.25, 0.3) is 0 Å². The summed E-state index contributed by atoms with van der Waals surface area (Å²) in [7, 11) is 0. The summed E-state index contributed by atoms with van der Waals surface area (Å²) in [5.74, 6) is 1.23. The summed E-state index contributed by atoms with van der Waals surface area (Å²) >= 11 is 5.90. The Morgan fingerprint density at radius 3 is 2.78 bits per heavy atom. The monoisotopic (exact) mass is 266 g/mol. The minimum atomic E-state index is -0.00456. The van der Waals surface area contributed by atoms with Gasteiger partial charge in [0.15, 0.2) is 5.78 Å². The van der Waals surface area contributed by atoms with Gasteiger partial charge >= 0.3 is 0 Å². The Labute approximate surface area is 111 Å². The van der Waals surface area contributed by atoms with Crippen molar-refractivity contribution in [2.24, 2.45) is 5.92 Å². The van der Waals surface area contributed by atoms with Crippen LogP contribution < -0.4 is 4.74 Å². The normalized spacial score (nSPS) is 24.5. The highest BCUT2D eigenvalue weighted by Gasteiger charge is 2.33. The number of Topliss-reactive ketones (excluding diaryl/α,β-unsaturated/α-hetero) is 1. The van der Waals surface area contributed by atoms with Gasteiger partial charge in [0, 0.05) is 30.6 Å². The van der Waals surface area contributed by atoms with E-state index in [0.717, 1.165) is 26.1 Å². The first-order valence-corrected chi connectivity index (χ1v) is 6.69. The summed E-state index contributed by atoms with van der Waals surface area (Å²) in [5, 5.41) is 0.579. The van der Waals surface area contributed by atoms with Crippen LogP contribution in [-0.2, 0) is 4.74 Å². The van der Waals surface area contributed by atoms with Gasteiger partial charge in [-0.1, -0.05) is 11.6 Å². The van der Waals surface area contributed by atoms with Crippen LogP contribution in [0.15, 0.2) is 18.2 Å². The number of fused-ring (bicyclic) bond motifs is 1. The smallest absolute Gasteiger partial charge is 0.170 e. The van der Waals surface area contributed by atoms with E-state index < -0.39 is 0 Å². The molecule has 0 spiro atoms. The highest BCUT2D eigenvalue weighted by Crippen LogP contribution is 2.34. The zero-order chi connectivity index (χ0) is 12.5. The van der Waals surface area contributed by atoms with Gasteiger partial charge in [-0.05, 0) is 31.0 Å². The lowest BCUT2D eigenvalue weighted by molar-refractivity contribution is 0.0120. The summed E-state index contributed by atoms with van der Waals surface area (Å²) in [6, 6.07) is 5.25. The van der Waals surface area contributed by atoms with Gasteiger partial charge in [-0.3, -0.25) is 4.79 Å². The minimum Gasteiger partial charge on any atom is -0.489 e. The number of ketones is 1. The molecular weight excluding hydrogens is 252 g/mol. The molecule has 1 fully saturated rings. The molecule has 0 aliphatic carbocycles. The van der Waals surface area contributed by atoms with Crippen molar-refractivity contribution in [3.8, 4) is 5.75 Å². The minimum absolute atomic E-state index is 0.00456. The van der Waals surface area contributed by atoms with E-state index in [1.54, 1.807) is 18.2 Å². The van der Waals surface area contributed by atoms with Gasteiger partial charge in [0.05, 0.1) is 5.56 Å². The molecule has 0 radical (unpaired) electrons. The Morgan fingerprint density at radius 2 is 2.00 bits per heavy atom. The van der Waals surface area contributed by atoms with Crippen molar-refractivity contribution in [1.29, 1.82) is 0 Å². The molecule has 18 heavy (non-hydrogen) atoms. The SMILES string of the molecule is O=C1CC(C2CCOCC2)Oc2ccc(Cl)cc21. The second kappa shape index (κ2) is 4.90. The van der Waals surface area contributed by atoms with E-state index in [4.69, 9.17) is 21.1 Å². The second-order valence-corrected chi connectivity index (χ2v) is 5.31. The van der Waals surface area contributed by atoms with Gasteiger partial charge in [-0.25, -0.2) is 0 Å². The number of hydrogen-bond acceptors (Lipinski definition) is 3. The molecule has 96 valence electrons. The fourth-order valence-electron chi connectivity index (χ4n) is 2.67. The highest BCUT2D eigenvalue weighted by atomic mass is 35.5. The maximum Gasteiger partial charge on any atom is 0.170 e. The van der Waals surface area contributed by atoms with Crippen LogP contribution in [0.4, 0.5) is 0 Å². The van der Waals surface area contributed by atoms with Gasteiger partial charge < -0.3 is 9.47 Å². The third kappa shape index (κ3) is 2.25. The van der Waals surface area contributed by atoms with Crippen LogP contribution in [0.3, 0.4) is 0 Å². The van der Waals surface area contributed by atoms with E-state index in [-0.39, 0.29) is 11.9 Å². The predicted molar refractivity (Wildman–Crippen MR) is 68.4 cm³/mol.